The maximum Gasteiger partial charge on any atom is 0.260 e. The summed E-state index contributed by atoms with van der Waals surface area (Å²) in [5.41, 5.74) is 2.94. The van der Waals surface area contributed by atoms with E-state index in [0.717, 1.165) is 15.7 Å². The third-order valence-corrected chi connectivity index (χ3v) is 3.84. The number of rotatable bonds is 2. The van der Waals surface area contributed by atoms with Crippen LogP contribution in [0.5, 0.6) is 0 Å². The Kier molecular flexibility index (Phi) is 3.40. The molecule has 0 fully saturated rings. The van der Waals surface area contributed by atoms with Gasteiger partial charge in [-0.3, -0.25) is 4.79 Å². The van der Waals surface area contributed by atoms with Gasteiger partial charge in [0, 0.05) is 10.7 Å². The Morgan fingerprint density at radius 1 is 1.05 bits per heavy atom. The van der Waals surface area contributed by atoms with E-state index in [1.165, 1.54) is 10.6 Å². The van der Waals surface area contributed by atoms with E-state index in [0.29, 0.717) is 0 Å². The Morgan fingerprint density at radius 2 is 1.70 bits per heavy atom. The Hall–Kier alpha value is -1.94. The molecule has 0 aromatic heterocycles. The number of nitrogens with zero attached hydrogens (tertiary/aromatic N) is 2. The number of halogens is 1. The fourth-order valence-corrected chi connectivity index (χ4v) is 2.43. The molecule has 1 atom stereocenters. The highest BCUT2D eigenvalue weighted by Gasteiger charge is 2.30. The van der Waals surface area contributed by atoms with Crippen molar-refractivity contribution in [2.45, 2.75) is 12.8 Å². The van der Waals surface area contributed by atoms with Crippen molar-refractivity contribution in [2.75, 3.05) is 5.01 Å². The Morgan fingerprint density at radius 3 is 2.35 bits per heavy atom. The van der Waals surface area contributed by atoms with E-state index in [-0.39, 0.29) is 11.8 Å². The number of hydrogen-bond donors (Lipinski definition) is 0. The van der Waals surface area contributed by atoms with E-state index in [1.54, 1.807) is 6.21 Å². The Labute approximate surface area is 126 Å². The summed E-state index contributed by atoms with van der Waals surface area (Å²) in [6.07, 6.45) is 1.70. The van der Waals surface area contributed by atoms with Crippen molar-refractivity contribution in [3.05, 3.63) is 64.1 Å². The van der Waals surface area contributed by atoms with Gasteiger partial charge in [0.2, 0.25) is 0 Å². The van der Waals surface area contributed by atoms with Crippen molar-refractivity contribution in [2.24, 2.45) is 5.10 Å². The molecule has 0 aliphatic carbocycles. The van der Waals surface area contributed by atoms with Gasteiger partial charge in [0.15, 0.2) is 0 Å². The number of benzene rings is 2. The van der Waals surface area contributed by atoms with Gasteiger partial charge in [-0.05, 0) is 36.8 Å². The normalized spacial score (nSPS) is 17.8. The Balaban J connectivity index is 1.86. The number of anilines is 1. The number of carbonyl (C=O) groups excluding carboxylic acids is 1. The molecule has 1 aliphatic heterocycles. The van der Waals surface area contributed by atoms with Gasteiger partial charge in [0.05, 0.1) is 5.69 Å². The SMILES string of the molecule is Cc1ccc(C2C=NN(c3ccc(Br)cc3)C2=O)cc1. The summed E-state index contributed by atoms with van der Waals surface area (Å²) in [6.45, 7) is 2.03. The zero-order chi connectivity index (χ0) is 14.1. The lowest BCUT2D eigenvalue weighted by Gasteiger charge is -2.14. The maximum absolute atomic E-state index is 12.5. The summed E-state index contributed by atoms with van der Waals surface area (Å²) in [5.74, 6) is -0.310. The largest absolute Gasteiger partial charge is 0.271 e. The fraction of sp³-hybridized carbons (Fsp3) is 0.125. The van der Waals surface area contributed by atoms with E-state index < -0.39 is 0 Å². The topological polar surface area (TPSA) is 32.7 Å². The van der Waals surface area contributed by atoms with Crippen LogP contribution in [0, 0.1) is 6.92 Å². The zero-order valence-corrected chi connectivity index (χ0v) is 12.5. The van der Waals surface area contributed by atoms with E-state index >= 15 is 0 Å². The van der Waals surface area contributed by atoms with Crippen LogP contribution in [0.4, 0.5) is 5.69 Å². The molecule has 0 radical (unpaired) electrons. The number of aryl methyl sites for hydroxylation is 1. The van der Waals surface area contributed by atoms with Crippen LogP contribution < -0.4 is 5.01 Å². The minimum absolute atomic E-state index is 0.0174. The second-order valence-corrected chi connectivity index (χ2v) is 5.70. The van der Waals surface area contributed by atoms with Gasteiger partial charge in [-0.1, -0.05) is 45.8 Å². The van der Waals surface area contributed by atoms with Crippen molar-refractivity contribution in [1.29, 1.82) is 0 Å². The predicted octanol–water partition coefficient (Wildman–Crippen LogP) is 3.87. The summed E-state index contributed by atoms with van der Waals surface area (Å²) in [6, 6.07) is 15.5. The van der Waals surface area contributed by atoms with Gasteiger partial charge < -0.3 is 0 Å². The molecular weight excluding hydrogens is 316 g/mol. The first kappa shape index (κ1) is 13.1. The molecule has 1 heterocycles. The fourth-order valence-electron chi connectivity index (χ4n) is 2.16. The third-order valence-electron chi connectivity index (χ3n) is 3.31. The number of hydrogen-bond acceptors (Lipinski definition) is 2. The average molecular weight is 329 g/mol. The van der Waals surface area contributed by atoms with E-state index in [9.17, 15) is 4.79 Å². The average Bonchev–Trinajstić information content (AvgIpc) is 2.83. The van der Waals surface area contributed by atoms with Gasteiger partial charge in [0.1, 0.15) is 5.92 Å². The summed E-state index contributed by atoms with van der Waals surface area (Å²) in [4.78, 5) is 12.5. The molecule has 2 aromatic carbocycles. The summed E-state index contributed by atoms with van der Waals surface area (Å²) < 4.78 is 0.979. The number of hydrazone groups is 1. The van der Waals surface area contributed by atoms with Gasteiger partial charge in [0.25, 0.3) is 5.91 Å². The summed E-state index contributed by atoms with van der Waals surface area (Å²) >= 11 is 3.38. The molecule has 20 heavy (non-hydrogen) atoms. The molecular formula is C16H13BrN2O. The van der Waals surface area contributed by atoms with E-state index in [1.807, 2.05) is 55.5 Å². The second kappa shape index (κ2) is 5.21. The van der Waals surface area contributed by atoms with Crippen molar-refractivity contribution < 1.29 is 4.79 Å². The molecule has 4 heteroatoms. The molecule has 0 saturated carbocycles. The summed E-state index contributed by atoms with van der Waals surface area (Å²) in [7, 11) is 0. The van der Waals surface area contributed by atoms with Crippen molar-refractivity contribution in [3.63, 3.8) is 0 Å². The highest BCUT2D eigenvalue weighted by molar-refractivity contribution is 9.10. The highest BCUT2D eigenvalue weighted by Crippen LogP contribution is 2.28. The molecule has 1 amide bonds. The van der Waals surface area contributed by atoms with Crippen LogP contribution in [-0.2, 0) is 4.79 Å². The Bertz CT molecular complexity index is 604. The molecule has 1 unspecified atom stereocenters. The maximum atomic E-state index is 12.5. The van der Waals surface area contributed by atoms with Crippen LogP contribution >= 0.6 is 15.9 Å². The predicted molar refractivity (Wildman–Crippen MR) is 84.0 cm³/mol. The van der Waals surface area contributed by atoms with Gasteiger partial charge in [-0.2, -0.15) is 5.10 Å². The van der Waals surface area contributed by atoms with Crippen LogP contribution in [0.2, 0.25) is 0 Å². The molecule has 3 rings (SSSR count). The molecule has 2 aromatic rings. The molecule has 100 valence electrons. The molecule has 1 aliphatic rings. The van der Waals surface area contributed by atoms with Crippen LogP contribution in [0.15, 0.2) is 58.1 Å². The lowest BCUT2D eigenvalue weighted by atomic mass is 9.99. The van der Waals surface area contributed by atoms with Crippen molar-refractivity contribution in [1.82, 2.24) is 0 Å². The minimum atomic E-state index is -0.292. The first-order valence-electron chi connectivity index (χ1n) is 6.35. The third kappa shape index (κ3) is 2.39. The second-order valence-electron chi connectivity index (χ2n) is 4.78. The number of carbonyl (C=O) groups is 1. The highest BCUT2D eigenvalue weighted by atomic mass is 79.9. The summed E-state index contributed by atoms with van der Waals surface area (Å²) in [5, 5.41) is 5.70. The smallest absolute Gasteiger partial charge is 0.260 e. The van der Waals surface area contributed by atoms with Crippen LogP contribution in [0.25, 0.3) is 0 Å². The lowest BCUT2D eigenvalue weighted by Crippen LogP contribution is -2.24. The van der Waals surface area contributed by atoms with Gasteiger partial charge in [-0.15, -0.1) is 0 Å². The van der Waals surface area contributed by atoms with E-state index in [4.69, 9.17) is 0 Å². The van der Waals surface area contributed by atoms with Crippen molar-refractivity contribution >= 4 is 33.7 Å². The molecule has 0 saturated heterocycles. The molecule has 0 spiro atoms. The van der Waals surface area contributed by atoms with Crippen LogP contribution in [0.1, 0.15) is 17.0 Å². The van der Waals surface area contributed by atoms with E-state index in [2.05, 4.69) is 21.0 Å². The first-order chi connectivity index (χ1) is 9.65. The molecule has 0 bridgehead atoms. The minimum Gasteiger partial charge on any atom is -0.271 e. The monoisotopic (exact) mass is 328 g/mol. The number of amides is 1. The zero-order valence-electron chi connectivity index (χ0n) is 11.0. The van der Waals surface area contributed by atoms with Gasteiger partial charge >= 0.3 is 0 Å². The van der Waals surface area contributed by atoms with Gasteiger partial charge in [-0.25, -0.2) is 5.01 Å². The molecule has 3 nitrogen and oxygen atoms in total. The lowest BCUT2D eigenvalue weighted by molar-refractivity contribution is -0.118. The first-order valence-corrected chi connectivity index (χ1v) is 7.14. The quantitative estimate of drug-likeness (QED) is 0.823. The van der Waals surface area contributed by atoms with Crippen LogP contribution in [-0.4, -0.2) is 12.1 Å². The molecule has 0 N–H and O–H groups in total. The van der Waals surface area contributed by atoms with Crippen LogP contribution in [0.3, 0.4) is 0 Å². The van der Waals surface area contributed by atoms with Crippen molar-refractivity contribution in [3.8, 4) is 0 Å². The standard InChI is InChI=1S/C16H13BrN2O/c1-11-2-4-12(5-3-11)15-10-18-19(16(15)20)14-8-6-13(17)7-9-14/h2-10,15H,1H3.